The van der Waals surface area contributed by atoms with Crippen LogP contribution in [0.25, 0.3) is 0 Å². The minimum Gasteiger partial charge on any atom is -0.493 e. The van der Waals surface area contributed by atoms with Crippen molar-refractivity contribution in [1.29, 1.82) is 0 Å². The van der Waals surface area contributed by atoms with E-state index in [2.05, 4.69) is 21.7 Å². The summed E-state index contributed by atoms with van der Waals surface area (Å²) in [6.45, 7) is 3.19. The zero-order valence-electron chi connectivity index (χ0n) is 14.7. The number of hydrogen-bond donors (Lipinski definition) is 0. The maximum Gasteiger partial charge on any atom is 0.191 e. The second-order valence-corrected chi connectivity index (χ2v) is 6.88. The molecular weight excluding hydrogens is 370 g/mol. The van der Waals surface area contributed by atoms with Crippen molar-refractivity contribution in [3.8, 4) is 11.5 Å². The van der Waals surface area contributed by atoms with E-state index in [0.717, 1.165) is 28.3 Å². The summed E-state index contributed by atoms with van der Waals surface area (Å²) >= 11 is 7.58. The number of methoxy groups -OCH3 is 1. The van der Waals surface area contributed by atoms with Crippen molar-refractivity contribution >= 4 is 23.4 Å². The summed E-state index contributed by atoms with van der Waals surface area (Å²) in [5.74, 6) is 2.99. The number of rotatable bonds is 8. The number of para-hydroxylation sites is 2. The lowest BCUT2D eigenvalue weighted by Crippen LogP contribution is -2.07. The SMILES string of the molecule is CCn1c(COc2ccccc2OC)nnc1SCc1ccc(Cl)cc1. The highest BCUT2D eigenvalue weighted by atomic mass is 35.5. The summed E-state index contributed by atoms with van der Waals surface area (Å²) in [6, 6.07) is 15.4. The molecule has 7 heteroatoms. The molecule has 0 aliphatic carbocycles. The average molecular weight is 390 g/mol. The molecule has 0 fully saturated rings. The predicted molar refractivity (Wildman–Crippen MR) is 104 cm³/mol. The van der Waals surface area contributed by atoms with Crippen LogP contribution < -0.4 is 9.47 Å². The number of benzene rings is 2. The van der Waals surface area contributed by atoms with E-state index in [1.807, 2.05) is 48.5 Å². The standard InChI is InChI=1S/C19H20ClN3O2S/c1-3-23-18(12-25-17-7-5-4-6-16(17)24-2)21-22-19(23)26-13-14-8-10-15(20)11-9-14/h4-11H,3,12-13H2,1-2H3. The zero-order valence-corrected chi connectivity index (χ0v) is 16.3. The predicted octanol–water partition coefficient (Wildman–Crippen LogP) is 4.83. The Morgan fingerprint density at radius 2 is 1.77 bits per heavy atom. The van der Waals surface area contributed by atoms with E-state index in [1.165, 1.54) is 5.56 Å². The highest BCUT2D eigenvalue weighted by Crippen LogP contribution is 2.27. The van der Waals surface area contributed by atoms with Crippen LogP contribution in [0.15, 0.2) is 53.7 Å². The summed E-state index contributed by atoms with van der Waals surface area (Å²) < 4.78 is 13.2. The lowest BCUT2D eigenvalue weighted by atomic mass is 10.2. The van der Waals surface area contributed by atoms with Crippen molar-refractivity contribution in [2.45, 2.75) is 31.0 Å². The fourth-order valence-electron chi connectivity index (χ4n) is 2.46. The molecule has 0 bridgehead atoms. The minimum absolute atomic E-state index is 0.336. The summed E-state index contributed by atoms with van der Waals surface area (Å²) in [7, 11) is 1.63. The van der Waals surface area contributed by atoms with E-state index in [1.54, 1.807) is 18.9 Å². The Morgan fingerprint density at radius 3 is 2.46 bits per heavy atom. The first-order chi connectivity index (χ1) is 12.7. The van der Waals surface area contributed by atoms with Crippen LogP contribution >= 0.6 is 23.4 Å². The van der Waals surface area contributed by atoms with Gasteiger partial charge in [0.25, 0.3) is 0 Å². The van der Waals surface area contributed by atoms with Gasteiger partial charge in [0.15, 0.2) is 22.5 Å². The molecule has 26 heavy (non-hydrogen) atoms. The molecule has 3 aromatic rings. The van der Waals surface area contributed by atoms with Crippen LogP contribution in [0.5, 0.6) is 11.5 Å². The molecule has 1 aromatic heterocycles. The van der Waals surface area contributed by atoms with Crippen LogP contribution in [0.2, 0.25) is 5.02 Å². The fourth-order valence-corrected chi connectivity index (χ4v) is 3.56. The smallest absolute Gasteiger partial charge is 0.191 e. The molecule has 0 aliphatic rings. The lowest BCUT2D eigenvalue weighted by molar-refractivity contribution is 0.270. The highest BCUT2D eigenvalue weighted by Gasteiger charge is 2.13. The van der Waals surface area contributed by atoms with E-state index in [9.17, 15) is 0 Å². The maximum absolute atomic E-state index is 5.93. The van der Waals surface area contributed by atoms with Crippen molar-refractivity contribution < 1.29 is 9.47 Å². The van der Waals surface area contributed by atoms with Gasteiger partial charge in [0.1, 0.15) is 6.61 Å². The van der Waals surface area contributed by atoms with Crippen molar-refractivity contribution in [2.24, 2.45) is 0 Å². The van der Waals surface area contributed by atoms with Gasteiger partial charge in [0.2, 0.25) is 0 Å². The Hall–Kier alpha value is -2.18. The quantitative estimate of drug-likeness (QED) is 0.516. The van der Waals surface area contributed by atoms with Crippen LogP contribution in [0.3, 0.4) is 0 Å². The Bertz CT molecular complexity index is 852. The van der Waals surface area contributed by atoms with Gasteiger partial charge in [-0.05, 0) is 36.8 Å². The third-order valence-corrected chi connectivity index (χ3v) is 5.11. The molecule has 2 aromatic carbocycles. The van der Waals surface area contributed by atoms with Crippen molar-refractivity contribution in [1.82, 2.24) is 14.8 Å². The highest BCUT2D eigenvalue weighted by molar-refractivity contribution is 7.98. The van der Waals surface area contributed by atoms with Gasteiger partial charge in [0.05, 0.1) is 7.11 Å². The number of halogens is 1. The Morgan fingerprint density at radius 1 is 1.04 bits per heavy atom. The number of nitrogens with zero attached hydrogens (tertiary/aromatic N) is 3. The van der Waals surface area contributed by atoms with Gasteiger partial charge in [-0.25, -0.2) is 0 Å². The second-order valence-electron chi connectivity index (χ2n) is 5.50. The van der Waals surface area contributed by atoms with Gasteiger partial charge in [-0.1, -0.05) is 47.6 Å². The van der Waals surface area contributed by atoms with Crippen LogP contribution in [0.4, 0.5) is 0 Å². The molecule has 136 valence electrons. The van der Waals surface area contributed by atoms with Crippen molar-refractivity contribution in [2.75, 3.05) is 7.11 Å². The van der Waals surface area contributed by atoms with Crippen LogP contribution in [-0.2, 0) is 18.9 Å². The Balaban J connectivity index is 1.66. The van der Waals surface area contributed by atoms with Gasteiger partial charge in [0, 0.05) is 17.3 Å². The molecule has 0 atom stereocenters. The first-order valence-corrected chi connectivity index (χ1v) is 9.62. The van der Waals surface area contributed by atoms with Crippen LogP contribution in [-0.4, -0.2) is 21.9 Å². The second kappa shape index (κ2) is 8.96. The van der Waals surface area contributed by atoms with Gasteiger partial charge >= 0.3 is 0 Å². The van der Waals surface area contributed by atoms with Crippen molar-refractivity contribution in [3.63, 3.8) is 0 Å². The molecule has 0 N–H and O–H groups in total. The number of ether oxygens (including phenoxy) is 2. The first kappa shape index (κ1) is 18.6. The molecule has 3 rings (SSSR count). The number of thioether (sulfide) groups is 1. The largest absolute Gasteiger partial charge is 0.493 e. The van der Waals surface area contributed by atoms with Crippen LogP contribution in [0.1, 0.15) is 18.3 Å². The Labute approximate surface area is 162 Å². The molecule has 0 amide bonds. The van der Waals surface area contributed by atoms with Crippen molar-refractivity contribution in [3.05, 3.63) is 64.9 Å². The first-order valence-electron chi connectivity index (χ1n) is 8.26. The molecule has 5 nitrogen and oxygen atoms in total. The molecule has 1 heterocycles. The van der Waals surface area contributed by atoms with E-state index < -0.39 is 0 Å². The molecule has 0 radical (unpaired) electrons. The molecule has 0 aliphatic heterocycles. The minimum atomic E-state index is 0.336. The van der Waals surface area contributed by atoms with E-state index in [4.69, 9.17) is 21.1 Å². The monoisotopic (exact) mass is 389 g/mol. The average Bonchev–Trinajstić information content (AvgIpc) is 3.08. The fraction of sp³-hybridized carbons (Fsp3) is 0.263. The molecule has 0 unspecified atom stereocenters. The van der Waals surface area contributed by atoms with Gasteiger partial charge in [-0.2, -0.15) is 0 Å². The van der Waals surface area contributed by atoms with Crippen LogP contribution in [0, 0.1) is 0 Å². The lowest BCUT2D eigenvalue weighted by Gasteiger charge is -2.11. The van der Waals surface area contributed by atoms with Gasteiger partial charge in [-0.15, -0.1) is 10.2 Å². The molecule has 0 saturated heterocycles. The number of aromatic nitrogens is 3. The molecule has 0 saturated carbocycles. The normalized spacial score (nSPS) is 10.7. The third kappa shape index (κ3) is 4.51. The summed E-state index contributed by atoms with van der Waals surface area (Å²) in [5, 5.41) is 10.2. The summed E-state index contributed by atoms with van der Waals surface area (Å²) in [4.78, 5) is 0. The summed E-state index contributed by atoms with van der Waals surface area (Å²) in [5.41, 5.74) is 1.19. The topological polar surface area (TPSA) is 49.2 Å². The maximum atomic E-state index is 5.93. The van der Waals surface area contributed by atoms with Gasteiger partial charge in [-0.3, -0.25) is 0 Å². The van der Waals surface area contributed by atoms with Gasteiger partial charge < -0.3 is 14.0 Å². The van der Waals surface area contributed by atoms with E-state index in [-0.39, 0.29) is 0 Å². The number of hydrogen-bond acceptors (Lipinski definition) is 5. The Kier molecular flexibility index (Phi) is 6.41. The summed E-state index contributed by atoms with van der Waals surface area (Å²) in [6.07, 6.45) is 0. The zero-order chi connectivity index (χ0) is 18.4. The van der Waals surface area contributed by atoms with E-state index in [0.29, 0.717) is 18.1 Å². The third-order valence-electron chi connectivity index (χ3n) is 3.82. The molecular formula is C19H20ClN3O2S. The molecule has 0 spiro atoms. The van der Waals surface area contributed by atoms with E-state index >= 15 is 0 Å².